The standard InChI is InChI=1S/C24H40O3/c1-10-20-17(4)16(3)18(5)22(27-20)26-19-13-23(6,7)21(12-11-15(2)25)24(8,9)14-19/h11,16-20,22H,10,13-14H2,1-9H3/t12?,16-,17-,18+,19?,20+,22+/m0/s1. The molecule has 1 heterocycles. The van der Waals surface area contributed by atoms with Gasteiger partial charge in [0.2, 0.25) is 0 Å². The predicted molar refractivity (Wildman–Crippen MR) is 110 cm³/mol. The second kappa shape index (κ2) is 8.23. The van der Waals surface area contributed by atoms with E-state index in [9.17, 15) is 4.79 Å². The maximum Gasteiger partial charge on any atom is 0.161 e. The first kappa shape index (κ1) is 22.4. The molecule has 0 N–H and O–H groups in total. The maximum absolute atomic E-state index is 11.4. The normalized spacial score (nSPS) is 38.2. The van der Waals surface area contributed by atoms with Gasteiger partial charge in [-0.05, 0) is 54.4 Å². The molecule has 3 heteroatoms. The molecule has 2 rings (SSSR count). The minimum atomic E-state index is -0.129. The second-order valence-electron chi connectivity index (χ2n) is 10.2. The Kier molecular flexibility index (Phi) is 6.83. The van der Waals surface area contributed by atoms with E-state index in [-0.39, 0.29) is 35.1 Å². The van der Waals surface area contributed by atoms with Gasteiger partial charge in [0.1, 0.15) is 0 Å². The van der Waals surface area contributed by atoms with Gasteiger partial charge in [-0.3, -0.25) is 4.79 Å². The van der Waals surface area contributed by atoms with Crippen LogP contribution in [0.5, 0.6) is 0 Å². The highest BCUT2D eigenvalue weighted by molar-refractivity contribution is 5.87. The van der Waals surface area contributed by atoms with Gasteiger partial charge < -0.3 is 9.47 Å². The Morgan fingerprint density at radius 3 is 2.15 bits per heavy atom. The zero-order valence-electron chi connectivity index (χ0n) is 18.9. The fourth-order valence-corrected chi connectivity index (χ4v) is 5.29. The molecule has 1 saturated heterocycles. The lowest BCUT2D eigenvalue weighted by atomic mass is 9.60. The van der Waals surface area contributed by atoms with Crippen molar-refractivity contribution in [3.8, 4) is 0 Å². The summed E-state index contributed by atoms with van der Waals surface area (Å²) in [5.41, 5.74) is 4.43. The Morgan fingerprint density at radius 2 is 1.67 bits per heavy atom. The number of rotatable bonds is 4. The fourth-order valence-electron chi connectivity index (χ4n) is 5.29. The third kappa shape index (κ3) is 4.94. The van der Waals surface area contributed by atoms with E-state index in [1.54, 1.807) is 13.0 Å². The van der Waals surface area contributed by atoms with Gasteiger partial charge >= 0.3 is 0 Å². The smallest absolute Gasteiger partial charge is 0.161 e. The molecule has 3 nitrogen and oxygen atoms in total. The number of carbonyl (C=O) groups excluding carboxylic acids is 1. The molecule has 0 amide bonds. The van der Waals surface area contributed by atoms with Crippen molar-refractivity contribution in [2.24, 2.45) is 28.6 Å². The highest BCUT2D eigenvalue weighted by Crippen LogP contribution is 2.51. The second-order valence-corrected chi connectivity index (χ2v) is 10.2. The predicted octanol–water partition coefficient (Wildman–Crippen LogP) is 5.93. The zero-order chi connectivity index (χ0) is 20.6. The van der Waals surface area contributed by atoms with Gasteiger partial charge in [0.25, 0.3) is 0 Å². The molecule has 154 valence electrons. The lowest BCUT2D eigenvalue weighted by Crippen LogP contribution is -2.49. The molecule has 2 aliphatic rings. The largest absolute Gasteiger partial charge is 0.349 e. The molecule has 2 fully saturated rings. The van der Waals surface area contributed by atoms with E-state index in [1.807, 2.05) is 0 Å². The third-order valence-electron chi connectivity index (χ3n) is 6.96. The van der Waals surface area contributed by atoms with Crippen LogP contribution in [0.15, 0.2) is 17.4 Å². The molecule has 1 aliphatic heterocycles. The monoisotopic (exact) mass is 376 g/mol. The molecule has 0 radical (unpaired) electrons. The van der Waals surface area contributed by atoms with Gasteiger partial charge in [-0.25, -0.2) is 0 Å². The van der Waals surface area contributed by atoms with Crippen molar-refractivity contribution in [3.05, 3.63) is 17.4 Å². The van der Waals surface area contributed by atoms with Gasteiger partial charge in [0, 0.05) is 12.0 Å². The van der Waals surface area contributed by atoms with E-state index in [4.69, 9.17) is 9.47 Å². The summed E-state index contributed by atoms with van der Waals surface area (Å²) in [6.07, 6.45) is 4.78. The zero-order valence-corrected chi connectivity index (χ0v) is 18.9. The van der Waals surface area contributed by atoms with Crippen molar-refractivity contribution >= 4 is 5.78 Å². The molecule has 0 aromatic carbocycles. The average molecular weight is 377 g/mol. The summed E-state index contributed by atoms with van der Waals surface area (Å²) in [6.45, 7) is 19.6. The number of ketones is 1. The first-order valence-electron chi connectivity index (χ1n) is 10.7. The Hall–Kier alpha value is -0.890. The summed E-state index contributed by atoms with van der Waals surface area (Å²) in [4.78, 5) is 11.4. The van der Waals surface area contributed by atoms with Gasteiger partial charge in [-0.1, -0.05) is 55.4 Å². The molecule has 27 heavy (non-hydrogen) atoms. The number of carbonyl (C=O) groups is 1. The minimum absolute atomic E-state index is 0.0469. The molecule has 0 aromatic heterocycles. The first-order chi connectivity index (χ1) is 12.4. The van der Waals surface area contributed by atoms with Crippen LogP contribution in [0, 0.1) is 28.6 Å². The van der Waals surface area contributed by atoms with E-state index < -0.39 is 0 Å². The van der Waals surface area contributed by atoms with Crippen LogP contribution < -0.4 is 0 Å². The van der Waals surface area contributed by atoms with E-state index in [0.29, 0.717) is 17.8 Å². The molecule has 0 unspecified atom stereocenters. The van der Waals surface area contributed by atoms with Crippen molar-refractivity contribution in [1.82, 2.24) is 0 Å². The first-order valence-corrected chi connectivity index (χ1v) is 10.7. The van der Waals surface area contributed by atoms with Crippen LogP contribution in [0.3, 0.4) is 0 Å². The highest BCUT2D eigenvalue weighted by Gasteiger charge is 2.46. The Morgan fingerprint density at radius 1 is 1.11 bits per heavy atom. The highest BCUT2D eigenvalue weighted by atomic mass is 16.7. The number of allylic oxidation sites excluding steroid dienone is 1. The summed E-state index contributed by atoms with van der Waals surface area (Å²) in [5.74, 6) is 1.59. The molecular formula is C24H40O3. The van der Waals surface area contributed by atoms with Crippen LogP contribution in [0.2, 0.25) is 0 Å². The van der Waals surface area contributed by atoms with E-state index in [2.05, 4.69) is 61.1 Å². The van der Waals surface area contributed by atoms with E-state index in [0.717, 1.165) is 19.3 Å². The topological polar surface area (TPSA) is 35.5 Å². The molecule has 1 aliphatic carbocycles. The average Bonchev–Trinajstić information content (AvgIpc) is 2.52. The third-order valence-corrected chi connectivity index (χ3v) is 6.96. The van der Waals surface area contributed by atoms with Crippen LogP contribution in [0.25, 0.3) is 0 Å². The van der Waals surface area contributed by atoms with Gasteiger partial charge in [-0.2, -0.15) is 0 Å². The van der Waals surface area contributed by atoms with Crippen LogP contribution in [-0.2, 0) is 14.3 Å². The lowest BCUT2D eigenvalue weighted by Gasteiger charge is -2.49. The molecule has 1 saturated carbocycles. The summed E-state index contributed by atoms with van der Waals surface area (Å²) >= 11 is 0. The number of hydrogen-bond donors (Lipinski definition) is 0. The van der Waals surface area contributed by atoms with Crippen LogP contribution in [-0.4, -0.2) is 24.3 Å². The fraction of sp³-hybridized carbons (Fsp3) is 0.833. The van der Waals surface area contributed by atoms with Crippen molar-refractivity contribution in [2.75, 3.05) is 0 Å². The Bertz CT molecular complexity index is 587. The van der Waals surface area contributed by atoms with Crippen molar-refractivity contribution in [3.63, 3.8) is 0 Å². The molecule has 0 spiro atoms. The molecular weight excluding hydrogens is 336 g/mol. The summed E-state index contributed by atoms with van der Waals surface area (Å²) in [5, 5.41) is 0. The van der Waals surface area contributed by atoms with Crippen molar-refractivity contribution in [2.45, 2.75) is 100 Å². The molecule has 5 atom stereocenters. The van der Waals surface area contributed by atoms with Crippen LogP contribution >= 0.6 is 0 Å². The lowest BCUT2D eigenvalue weighted by molar-refractivity contribution is -0.271. The summed E-state index contributed by atoms with van der Waals surface area (Å²) in [6, 6.07) is 0. The Balaban J connectivity index is 2.20. The minimum Gasteiger partial charge on any atom is -0.349 e. The Labute approximate surface area is 166 Å². The van der Waals surface area contributed by atoms with E-state index >= 15 is 0 Å². The number of hydrogen-bond acceptors (Lipinski definition) is 3. The van der Waals surface area contributed by atoms with Gasteiger partial charge in [0.05, 0.1) is 12.2 Å². The number of ether oxygens (including phenoxy) is 2. The quantitative estimate of drug-likeness (QED) is 0.450. The molecule has 0 aromatic rings. The summed E-state index contributed by atoms with van der Waals surface area (Å²) < 4.78 is 13.0. The van der Waals surface area contributed by atoms with Crippen molar-refractivity contribution in [1.29, 1.82) is 0 Å². The van der Waals surface area contributed by atoms with Crippen LogP contribution in [0.4, 0.5) is 0 Å². The van der Waals surface area contributed by atoms with E-state index in [1.165, 1.54) is 5.57 Å². The summed E-state index contributed by atoms with van der Waals surface area (Å²) in [7, 11) is 0. The van der Waals surface area contributed by atoms with Gasteiger partial charge in [-0.15, -0.1) is 5.73 Å². The SMILES string of the molecule is CC[C@H]1O[C@@H](OC2CC(C)(C)C(=C=CC(C)=O)C(C)(C)C2)[C@H](C)[C@@H](C)[C@@H]1C. The maximum atomic E-state index is 11.4. The van der Waals surface area contributed by atoms with Gasteiger partial charge in [0.15, 0.2) is 12.1 Å². The van der Waals surface area contributed by atoms with Crippen LogP contribution in [0.1, 0.15) is 81.6 Å². The molecule has 0 bridgehead atoms. The van der Waals surface area contributed by atoms with Crippen molar-refractivity contribution < 1.29 is 14.3 Å².